The van der Waals surface area contributed by atoms with Crippen LogP contribution in [0.1, 0.15) is 12.6 Å². The highest BCUT2D eigenvalue weighted by molar-refractivity contribution is 5.27. The molecule has 5 heteroatoms. The fourth-order valence-corrected chi connectivity index (χ4v) is 1.79. The minimum absolute atomic E-state index is 0.181. The van der Waals surface area contributed by atoms with E-state index in [-0.39, 0.29) is 6.10 Å². The highest BCUT2D eigenvalue weighted by atomic mass is 16.5. The first kappa shape index (κ1) is 14.0. The molecule has 0 aliphatic heterocycles. The molecule has 1 unspecified atom stereocenters. The second kappa shape index (κ2) is 6.61. The Balaban J connectivity index is 2.66. The summed E-state index contributed by atoms with van der Waals surface area (Å²) in [6.45, 7) is 6.91. The third-order valence-electron chi connectivity index (χ3n) is 2.91. The van der Waals surface area contributed by atoms with Gasteiger partial charge in [0.1, 0.15) is 0 Å². The largest absolute Gasteiger partial charge is 0.378 e. The first-order valence-corrected chi connectivity index (χ1v) is 6.03. The second-order valence-electron chi connectivity index (χ2n) is 4.32. The van der Waals surface area contributed by atoms with Gasteiger partial charge in [0.2, 0.25) is 5.95 Å². The van der Waals surface area contributed by atoms with E-state index in [1.807, 2.05) is 20.2 Å². The molecule has 0 spiro atoms. The molecule has 17 heavy (non-hydrogen) atoms. The average molecular weight is 240 g/mol. The number of ether oxygens (including phenoxy) is 1. The maximum Gasteiger partial charge on any atom is 0.202 e. The summed E-state index contributed by atoms with van der Waals surface area (Å²) in [5.74, 6) is 0.892. The van der Waals surface area contributed by atoms with Crippen LogP contribution in [0.5, 0.6) is 0 Å². The average Bonchev–Trinajstić information content (AvgIpc) is 2.68. The van der Waals surface area contributed by atoms with Crippen LogP contribution in [0.25, 0.3) is 0 Å². The lowest BCUT2D eigenvalue weighted by molar-refractivity contribution is 0.0607. The molecule has 1 heterocycles. The fourth-order valence-electron chi connectivity index (χ4n) is 1.79. The lowest BCUT2D eigenvalue weighted by Crippen LogP contribution is -2.33. The fraction of sp³-hybridized carbons (Fsp3) is 0.750. The van der Waals surface area contributed by atoms with E-state index in [0.29, 0.717) is 0 Å². The number of nitrogens with zero attached hydrogens (tertiary/aromatic N) is 3. The number of imidazole rings is 1. The predicted octanol–water partition coefficient (Wildman–Crippen LogP) is 1.20. The highest BCUT2D eigenvalue weighted by Crippen LogP contribution is 2.10. The molecular weight excluding hydrogens is 216 g/mol. The molecule has 0 saturated carbocycles. The molecule has 0 fully saturated rings. The van der Waals surface area contributed by atoms with Gasteiger partial charge in [0.05, 0.1) is 18.3 Å². The van der Waals surface area contributed by atoms with Gasteiger partial charge in [-0.3, -0.25) is 0 Å². The number of rotatable bonds is 7. The second-order valence-corrected chi connectivity index (χ2v) is 4.32. The normalized spacial score (nSPS) is 13.1. The van der Waals surface area contributed by atoms with E-state index in [9.17, 15) is 0 Å². The number of methoxy groups -OCH3 is 1. The molecule has 0 radical (unpaired) electrons. The van der Waals surface area contributed by atoms with Crippen LogP contribution in [0.15, 0.2) is 6.20 Å². The van der Waals surface area contributed by atoms with Crippen LogP contribution in [-0.4, -0.2) is 54.8 Å². The third kappa shape index (κ3) is 4.02. The van der Waals surface area contributed by atoms with Gasteiger partial charge in [0.15, 0.2) is 0 Å². The SMILES string of the molecule is CCN(C)CC(Cn1cc(C)nc1NC)OC. The molecule has 1 rings (SSSR count). The monoisotopic (exact) mass is 240 g/mol. The maximum absolute atomic E-state index is 5.52. The summed E-state index contributed by atoms with van der Waals surface area (Å²) in [6, 6.07) is 0. The van der Waals surface area contributed by atoms with E-state index in [1.165, 1.54) is 0 Å². The Morgan fingerprint density at radius 1 is 1.59 bits per heavy atom. The minimum atomic E-state index is 0.181. The predicted molar refractivity (Wildman–Crippen MR) is 70.5 cm³/mol. The Morgan fingerprint density at radius 2 is 2.29 bits per heavy atom. The lowest BCUT2D eigenvalue weighted by Gasteiger charge is -2.22. The Labute approximate surface area is 104 Å². The van der Waals surface area contributed by atoms with Crippen LogP contribution in [-0.2, 0) is 11.3 Å². The standard InChI is InChI=1S/C12H24N4O/c1-6-15(4)8-11(17-5)9-16-7-10(2)14-12(16)13-3/h7,11H,6,8-9H2,1-5H3,(H,13,14). The Kier molecular flexibility index (Phi) is 5.44. The van der Waals surface area contributed by atoms with Gasteiger partial charge in [0, 0.05) is 26.9 Å². The van der Waals surface area contributed by atoms with E-state index < -0.39 is 0 Å². The zero-order valence-electron chi connectivity index (χ0n) is 11.5. The Morgan fingerprint density at radius 3 is 2.82 bits per heavy atom. The topological polar surface area (TPSA) is 42.3 Å². The Hall–Kier alpha value is -1.07. The van der Waals surface area contributed by atoms with Crippen molar-refractivity contribution in [2.75, 3.05) is 39.6 Å². The van der Waals surface area contributed by atoms with Gasteiger partial charge in [-0.2, -0.15) is 0 Å². The van der Waals surface area contributed by atoms with Crippen LogP contribution in [0.4, 0.5) is 5.95 Å². The molecule has 1 N–H and O–H groups in total. The van der Waals surface area contributed by atoms with E-state index in [2.05, 4.69) is 33.7 Å². The molecular formula is C12H24N4O. The van der Waals surface area contributed by atoms with Gasteiger partial charge in [0.25, 0.3) is 0 Å². The van der Waals surface area contributed by atoms with Crippen molar-refractivity contribution in [3.63, 3.8) is 0 Å². The molecule has 1 aromatic heterocycles. The number of hydrogen-bond donors (Lipinski definition) is 1. The van der Waals surface area contributed by atoms with Crippen LogP contribution >= 0.6 is 0 Å². The Bertz CT molecular complexity index is 337. The van der Waals surface area contributed by atoms with Crippen molar-refractivity contribution in [1.29, 1.82) is 0 Å². The van der Waals surface area contributed by atoms with Crippen LogP contribution in [0, 0.1) is 6.92 Å². The molecule has 0 aliphatic rings. The van der Waals surface area contributed by atoms with Gasteiger partial charge in [-0.15, -0.1) is 0 Å². The van der Waals surface area contributed by atoms with Gasteiger partial charge in [-0.05, 0) is 20.5 Å². The lowest BCUT2D eigenvalue weighted by atomic mass is 10.3. The van der Waals surface area contributed by atoms with Crippen molar-refractivity contribution >= 4 is 5.95 Å². The summed E-state index contributed by atoms with van der Waals surface area (Å²) >= 11 is 0. The number of nitrogens with one attached hydrogen (secondary N) is 1. The van der Waals surface area contributed by atoms with Crippen molar-refractivity contribution in [3.8, 4) is 0 Å². The van der Waals surface area contributed by atoms with E-state index in [1.54, 1.807) is 7.11 Å². The summed E-state index contributed by atoms with van der Waals surface area (Å²) in [5, 5.41) is 3.10. The number of likely N-dealkylation sites (N-methyl/N-ethyl adjacent to an activating group) is 1. The number of hydrogen-bond acceptors (Lipinski definition) is 4. The molecule has 1 atom stereocenters. The van der Waals surface area contributed by atoms with Crippen molar-refractivity contribution < 1.29 is 4.74 Å². The van der Waals surface area contributed by atoms with Gasteiger partial charge < -0.3 is 19.5 Å². The molecule has 0 saturated heterocycles. The van der Waals surface area contributed by atoms with Crippen LogP contribution < -0.4 is 5.32 Å². The van der Waals surface area contributed by atoms with Crippen molar-refractivity contribution in [2.45, 2.75) is 26.5 Å². The zero-order valence-corrected chi connectivity index (χ0v) is 11.5. The third-order valence-corrected chi connectivity index (χ3v) is 2.91. The first-order valence-electron chi connectivity index (χ1n) is 6.03. The summed E-state index contributed by atoms with van der Waals surface area (Å²) in [5.41, 5.74) is 1.02. The summed E-state index contributed by atoms with van der Waals surface area (Å²) in [4.78, 5) is 6.65. The van der Waals surface area contributed by atoms with Gasteiger partial charge in [-0.1, -0.05) is 6.92 Å². The smallest absolute Gasteiger partial charge is 0.202 e. The van der Waals surface area contributed by atoms with E-state index in [0.717, 1.165) is 31.3 Å². The number of anilines is 1. The van der Waals surface area contributed by atoms with Crippen molar-refractivity contribution in [3.05, 3.63) is 11.9 Å². The highest BCUT2D eigenvalue weighted by Gasteiger charge is 2.13. The summed E-state index contributed by atoms with van der Waals surface area (Å²) in [6.07, 6.45) is 2.23. The van der Waals surface area contributed by atoms with Gasteiger partial charge >= 0.3 is 0 Å². The summed E-state index contributed by atoms with van der Waals surface area (Å²) < 4.78 is 7.62. The minimum Gasteiger partial charge on any atom is -0.378 e. The van der Waals surface area contributed by atoms with E-state index >= 15 is 0 Å². The van der Waals surface area contributed by atoms with Crippen LogP contribution in [0.2, 0.25) is 0 Å². The van der Waals surface area contributed by atoms with Gasteiger partial charge in [-0.25, -0.2) is 4.98 Å². The number of aromatic nitrogens is 2. The van der Waals surface area contributed by atoms with Crippen molar-refractivity contribution in [2.24, 2.45) is 0 Å². The molecule has 0 aliphatic carbocycles. The maximum atomic E-state index is 5.52. The molecule has 98 valence electrons. The molecule has 0 bridgehead atoms. The molecule has 1 aromatic rings. The molecule has 0 amide bonds. The van der Waals surface area contributed by atoms with E-state index in [4.69, 9.17) is 4.74 Å². The number of aryl methyl sites for hydroxylation is 1. The zero-order chi connectivity index (χ0) is 12.8. The first-order chi connectivity index (χ1) is 8.10. The molecule has 0 aromatic carbocycles. The molecule has 5 nitrogen and oxygen atoms in total. The summed E-state index contributed by atoms with van der Waals surface area (Å²) in [7, 11) is 5.75. The van der Waals surface area contributed by atoms with Crippen LogP contribution in [0.3, 0.4) is 0 Å². The van der Waals surface area contributed by atoms with Crippen molar-refractivity contribution in [1.82, 2.24) is 14.5 Å². The quantitative estimate of drug-likeness (QED) is 0.777.